The number of hydrogen-bond acceptors (Lipinski definition) is 4. The molecule has 0 aliphatic rings. The van der Waals surface area contributed by atoms with Gasteiger partial charge in [0.05, 0.1) is 13.2 Å². The number of pyridine rings is 1. The maximum absolute atomic E-state index is 10.8. The van der Waals surface area contributed by atoms with Gasteiger partial charge in [0, 0.05) is 41.3 Å². The molecule has 0 saturated heterocycles. The fourth-order valence-electron chi connectivity index (χ4n) is 3.45. The Morgan fingerprint density at radius 1 is 1.13 bits per heavy atom. The number of imidazole rings is 1. The fourth-order valence-corrected chi connectivity index (χ4v) is 3.45. The highest BCUT2D eigenvalue weighted by Crippen LogP contribution is 2.25. The maximum Gasteiger partial charge on any atom is 0.303 e. The molecule has 1 atom stereocenters. The van der Waals surface area contributed by atoms with E-state index in [1.165, 1.54) is 0 Å². The first-order valence-corrected chi connectivity index (χ1v) is 10.3. The van der Waals surface area contributed by atoms with E-state index in [-0.39, 0.29) is 12.3 Å². The molecule has 0 spiro atoms. The van der Waals surface area contributed by atoms with Gasteiger partial charge in [-0.15, -0.1) is 0 Å². The molecule has 0 bridgehead atoms. The first kappa shape index (κ1) is 21.6. The van der Waals surface area contributed by atoms with Gasteiger partial charge in [-0.05, 0) is 50.8 Å². The highest BCUT2D eigenvalue weighted by atomic mass is 16.5. The summed E-state index contributed by atoms with van der Waals surface area (Å²) in [6, 6.07) is 12.1. The van der Waals surface area contributed by atoms with Crippen LogP contribution < -0.4 is 4.74 Å². The second-order valence-corrected chi connectivity index (χ2v) is 7.80. The number of benzene rings is 1. The molecular formula is C24H29N3O3. The van der Waals surface area contributed by atoms with Gasteiger partial charge in [-0.3, -0.25) is 9.78 Å². The van der Waals surface area contributed by atoms with Crippen molar-refractivity contribution in [1.82, 2.24) is 14.5 Å². The van der Waals surface area contributed by atoms with Crippen LogP contribution in [0.2, 0.25) is 0 Å². The lowest BCUT2D eigenvalue weighted by molar-refractivity contribution is -0.138. The number of hydrogen-bond donors (Lipinski definition) is 1. The molecule has 0 aliphatic heterocycles. The van der Waals surface area contributed by atoms with Gasteiger partial charge in [0.1, 0.15) is 11.6 Å². The second kappa shape index (κ2) is 10.1. The minimum absolute atomic E-state index is 0.153. The van der Waals surface area contributed by atoms with Crippen LogP contribution in [0.4, 0.5) is 0 Å². The third kappa shape index (κ3) is 5.69. The van der Waals surface area contributed by atoms with Crippen molar-refractivity contribution in [3.8, 4) is 17.1 Å². The van der Waals surface area contributed by atoms with E-state index in [2.05, 4.69) is 20.6 Å². The van der Waals surface area contributed by atoms with Crippen molar-refractivity contribution in [2.45, 2.75) is 46.6 Å². The Bertz CT molecular complexity index is 980. The molecule has 158 valence electrons. The van der Waals surface area contributed by atoms with E-state index in [4.69, 9.17) is 9.84 Å². The number of para-hydroxylation sites is 1. The van der Waals surface area contributed by atoms with Crippen molar-refractivity contribution in [3.05, 3.63) is 65.7 Å². The summed E-state index contributed by atoms with van der Waals surface area (Å²) in [4.78, 5) is 19.8. The van der Waals surface area contributed by atoms with E-state index in [0.29, 0.717) is 13.2 Å². The predicted molar refractivity (Wildman–Crippen MR) is 117 cm³/mol. The number of rotatable bonds is 10. The van der Waals surface area contributed by atoms with E-state index in [1.54, 1.807) is 0 Å². The lowest BCUT2D eigenvalue weighted by atomic mass is 10.0. The molecule has 2 heterocycles. The van der Waals surface area contributed by atoms with E-state index < -0.39 is 5.97 Å². The van der Waals surface area contributed by atoms with E-state index in [0.717, 1.165) is 46.9 Å². The normalized spacial score (nSPS) is 12.0. The van der Waals surface area contributed by atoms with Gasteiger partial charge in [-0.1, -0.05) is 25.1 Å². The molecule has 6 heteroatoms. The number of nitrogens with zero attached hydrogens (tertiary/aromatic N) is 3. The summed E-state index contributed by atoms with van der Waals surface area (Å²) in [5, 5.41) is 8.88. The summed E-state index contributed by atoms with van der Waals surface area (Å²) in [5.41, 5.74) is 4.12. The van der Waals surface area contributed by atoms with Crippen LogP contribution >= 0.6 is 0 Å². The zero-order chi connectivity index (χ0) is 21.5. The summed E-state index contributed by atoms with van der Waals surface area (Å²) < 4.78 is 8.22. The minimum Gasteiger partial charge on any atom is -0.493 e. The predicted octanol–water partition coefficient (Wildman–Crippen LogP) is 4.88. The van der Waals surface area contributed by atoms with Crippen molar-refractivity contribution in [2.75, 3.05) is 6.61 Å². The average molecular weight is 408 g/mol. The smallest absolute Gasteiger partial charge is 0.303 e. The number of carboxylic acid groups (broad SMARTS) is 1. The standard InChI is InChI=1S/C24H29N3O3/c1-17(13-23(28)29)7-6-12-30-22-9-5-4-8-21(22)16-27-19(3)14-26-24(27)20-11-10-18(2)25-15-20/h4-5,8-11,14-15,17H,6-7,12-13,16H2,1-3H3,(H,28,29). The lowest BCUT2D eigenvalue weighted by Gasteiger charge is -2.15. The molecule has 30 heavy (non-hydrogen) atoms. The third-order valence-corrected chi connectivity index (χ3v) is 5.15. The molecule has 0 fully saturated rings. The van der Waals surface area contributed by atoms with Crippen LogP contribution in [0.5, 0.6) is 5.75 Å². The molecule has 3 rings (SSSR count). The van der Waals surface area contributed by atoms with Gasteiger partial charge in [-0.25, -0.2) is 4.98 Å². The van der Waals surface area contributed by atoms with Crippen molar-refractivity contribution < 1.29 is 14.6 Å². The Morgan fingerprint density at radius 3 is 2.67 bits per heavy atom. The third-order valence-electron chi connectivity index (χ3n) is 5.15. The first-order valence-electron chi connectivity index (χ1n) is 10.3. The highest BCUT2D eigenvalue weighted by molar-refractivity contribution is 5.66. The number of ether oxygens (including phenoxy) is 1. The molecule has 0 aliphatic carbocycles. The quantitative estimate of drug-likeness (QED) is 0.485. The molecular weight excluding hydrogens is 378 g/mol. The van der Waals surface area contributed by atoms with Gasteiger partial charge in [0.25, 0.3) is 0 Å². The summed E-state index contributed by atoms with van der Waals surface area (Å²) in [7, 11) is 0. The molecule has 0 saturated carbocycles. The minimum atomic E-state index is -0.746. The van der Waals surface area contributed by atoms with Crippen molar-refractivity contribution >= 4 is 5.97 Å². The van der Waals surface area contributed by atoms with Gasteiger partial charge < -0.3 is 14.4 Å². The summed E-state index contributed by atoms with van der Waals surface area (Å²) >= 11 is 0. The lowest BCUT2D eigenvalue weighted by Crippen LogP contribution is -2.09. The van der Waals surface area contributed by atoms with Crippen molar-refractivity contribution in [2.24, 2.45) is 5.92 Å². The molecule has 6 nitrogen and oxygen atoms in total. The number of aromatic nitrogens is 3. The number of aryl methyl sites for hydroxylation is 2. The molecule has 3 aromatic rings. The van der Waals surface area contributed by atoms with Gasteiger partial charge >= 0.3 is 5.97 Å². The number of carbonyl (C=O) groups is 1. The summed E-state index contributed by atoms with van der Waals surface area (Å²) in [6.45, 7) is 7.20. The van der Waals surface area contributed by atoms with Gasteiger partial charge in [0.2, 0.25) is 0 Å². The molecule has 1 aromatic carbocycles. The summed E-state index contributed by atoms with van der Waals surface area (Å²) in [6.07, 6.45) is 5.59. The second-order valence-electron chi connectivity index (χ2n) is 7.80. The summed E-state index contributed by atoms with van der Waals surface area (Å²) in [5.74, 6) is 1.14. The Labute approximate surface area is 177 Å². The molecule has 2 aromatic heterocycles. The van der Waals surface area contributed by atoms with Crippen LogP contribution in [0, 0.1) is 19.8 Å². The van der Waals surface area contributed by atoms with Crippen LogP contribution in [-0.4, -0.2) is 32.2 Å². The van der Waals surface area contributed by atoms with Crippen LogP contribution in [0.25, 0.3) is 11.4 Å². The monoisotopic (exact) mass is 407 g/mol. The zero-order valence-electron chi connectivity index (χ0n) is 17.8. The largest absolute Gasteiger partial charge is 0.493 e. The fraction of sp³-hybridized carbons (Fsp3) is 0.375. The van der Waals surface area contributed by atoms with Gasteiger partial charge in [0.15, 0.2) is 0 Å². The van der Waals surface area contributed by atoms with E-state index in [1.807, 2.05) is 63.5 Å². The Balaban J connectivity index is 1.69. The van der Waals surface area contributed by atoms with E-state index >= 15 is 0 Å². The van der Waals surface area contributed by atoms with Crippen LogP contribution in [-0.2, 0) is 11.3 Å². The van der Waals surface area contributed by atoms with Gasteiger partial charge in [-0.2, -0.15) is 0 Å². The zero-order valence-corrected chi connectivity index (χ0v) is 17.8. The molecule has 0 amide bonds. The Kier molecular flexibility index (Phi) is 7.22. The first-order chi connectivity index (χ1) is 14.4. The Hall–Kier alpha value is -3.15. The van der Waals surface area contributed by atoms with Crippen LogP contribution in [0.3, 0.4) is 0 Å². The van der Waals surface area contributed by atoms with E-state index in [9.17, 15) is 4.79 Å². The SMILES string of the molecule is Cc1ccc(-c2ncc(C)n2Cc2ccccc2OCCCC(C)CC(=O)O)cn1. The Morgan fingerprint density at radius 2 is 1.93 bits per heavy atom. The molecule has 1 unspecified atom stereocenters. The molecule has 0 radical (unpaired) electrons. The van der Waals surface area contributed by atoms with Crippen LogP contribution in [0.15, 0.2) is 48.8 Å². The topological polar surface area (TPSA) is 77.2 Å². The maximum atomic E-state index is 10.8. The highest BCUT2D eigenvalue weighted by Gasteiger charge is 2.13. The van der Waals surface area contributed by atoms with Crippen molar-refractivity contribution in [1.29, 1.82) is 0 Å². The van der Waals surface area contributed by atoms with Crippen LogP contribution in [0.1, 0.15) is 43.1 Å². The average Bonchev–Trinajstić information content (AvgIpc) is 3.07. The number of aliphatic carboxylic acids is 1. The molecule has 1 N–H and O–H groups in total. The van der Waals surface area contributed by atoms with Crippen molar-refractivity contribution in [3.63, 3.8) is 0 Å². The number of carboxylic acids is 1.